The van der Waals surface area contributed by atoms with Crippen LogP contribution in [0.15, 0.2) is 0 Å². The van der Waals surface area contributed by atoms with Gasteiger partial charge in [-0.1, -0.05) is 0 Å². The van der Waals surface area contributed by atoms with Crippen LogP contribution in [0, 0.1) is 0 Å². The Morgan fingerprint density at radius 3 is 2.35 bits per heavy atom. The molecule has 1 saturated heterocycles. The van der Waals surface area contributed by atoms with Gasteiger partial charge in [0, 0.05) is 12.1 Å². The topological polar surface area (TPSA) is 66.8 Å². The van der Waals surface area contributed by atoms with Crippen molar-refractivity contribution in [1.29, 1.82) is 0 Å². The number of hydrogen-bond donors (Lipinski definition) is 1. The molecule has 0 aromatic heterocycles. The third-order valence-corrected chi connectivity index (χ3v) is 3.29. The summed E-state index contributed by atoms with van der Waals surface area (Å²) in [6.45, 7) is 5.32. The number of rotatable bonds is 4. The van der Waals surface area contributed by atoms with Crippen LogP contribution in [-0.2, 0) is 14.3 Å². The number of carbonyl (C=O) groups excluding carboxylic acids is 1. The molecule has 0 saturated carbocycles. The minimum absolute atomic E-state index is 0.113. The second kappa shape index (κ2) is 6.00. The normalized spacial score (nSPS) is 26.6. The second-order valence-corrected chi connectivity index (χ2v) is 4.72. The summed E-state index contributed by atoms with van der Waals surface area (Å²) < 4.78 is 5.02. The number of carbonyl (C=O) groups is 2. The number of piperidine rings is 1. The van der Waals surface area contributed by atoms with Gasteiger partial charge in [-0.3, -0.25) is 4.79 Å². The van der Waals surface area contributed by atoms with Gasteiger partial charge < -0.3 is 14.7 Å². The van der Waals surface area contributed by atoms with Gasteiger partial charge in [-0.05, 0) is 40.0 Å². The van der Waals surface area contributed by atoms with E-state index in [0.29, 0.717) is 0 Å². The molecular weight excluding hydrogens is 222 g/mol. The van der Waals surface area contributed by atoms with E-state index < -0.39 is 12.1 Å². The number of carboxylic acid groups (broad SMARTS) is 1. The summed E-state index contributed by atoms with van der Waals surface area (Å²) in [5.41, 5.74) is 0. The summed E-state index contributed by atoms with van der Waals surface area (Å²) in [5.74, 6) is -1.16. The average Bonchev–Trinajstić information content (AvgIpc) is 2.25. The zero-order chi connectivity index (χ0) is 13.0. The van der Waals surface area contributed by atoms with Gasteiger partial charge in [0.25, 0.3) is 0 Å². The van der Waals surface area contributed by atoms with Crippen LogP contribution in [-0.4, -0.2) is 46.7 Å². The van der Waals surface area contributed by atoms with E-state index >= 15 is 0 Å². The Bertz CT molecular complexity index is 282. The highest BCUT2D eigenvalue weighted by Gasteiger charge is 2.29. The second-order valence-electron chi connectivity index (χ2n) is 4.72. The molecule has 1 aliphatic rings. The number of likely N-dealkylation sites (tertiary alicyclic amines) is 1. The SMILES string of the molecule is CC(OCC(=O)N1C(C)CCCC1C)C(=O)O. The van der Waals surface area contributed by atoms with Crippen molar-refractivity contribution in [1.82, 2.24) is 4.90 Å². The molecule has 0 radical (unpaired) electrons. The van der Waals surface area contributed by atoms with E-state index in [0.717, 1.165) is 19.3 Å². The van der Waals surface area contributed by atoms with E-state index in [1.807, 2.05) is 18.7 Å². The van der Waals surface area contributed by atoms with Gasteiger partial charge in [0.1, 0.15) is 6.61 Å². The zero-order valence-corrected chi connectivity index (χ0v) is 10.7. The number of ether oxygens (including phenoxy) is 1. The predicted molar refractivity (Wildman–Crippen MR) is 62.7 cm³/mol. The Morgan fingerprint density at radius 2 is 1.88 bits per heavy atom. The molecule has 0 bridgehead atoms. The summed E-state index contributed by atoms with van der Waals surface area (Å²) in [6, 6.07) is 0.435. The van der Waals surface area contributed by atoms with Crippen molar-refractivity contribution in [2.24, 2.45) is 0 Å². The minimum atomic E-state index is -1.04. The first kappa shape index (κ1) is 14.0. The molecular formula is C12H21NO4. The van der Waals surface area contributed by atoms with Crippen LogP contribution in [0.5, 0.6) is 0 Å². The molecule has 3 unspecified atom stereocenters. The van der Waals surface area contributed by atoms with Crippen molar-refractivity contribution >= 4 is 11.9 Å². The van der Waals surface area contributed by atoms with Crippen molar-refractivity contribution in [2.75, 3.05) is 6.61 Å². The molecule has 98 valence electrons. The summed E-state index contributed by atoms with van der Waals surface area (Å²) in [7, 11) is 0. The van der Waals surface area contributed by atoms with Crippen LogP contribution in [0.1, 0.15) is 40.0 Å². The lowest BCUT2D eigenvalue weighted by molar-refractivity contribution is -0.154. The number of hydrogen-bond acceptors (Lipinski definition) is 3. The molecule has 1 rings (SSSR count). The molecule has 1 fully saturated rings. The van der Waals surface area contributed by atoms with Crippen molar-refractivity contribution in [3.05, 3.63) is 0 Å². The maximum atomic E-state index is 12.0. The summed E-state index contributed by atoms with van der Waals surface area (Å²) in [6.07, 6.45) is 2.21. The highest BCUT2D eigenvalue weighted by Crippen LogP contribution is 2.22. The smallest absolute Gasteiger partial charge is 0.332 e. The molecule has 1 N–H and O–H groups in total. The van der Waals surface area contributed by atoms with Crippen LogP contribution in [0.4, 0.5) is 0 Å². The third-order valence-electron chi connectivity index (χ3n) is 3.29. The van der Waals surface area contributed by atoms with Crippen molar-refractivity contribution in [3.63, 3.8) is 0 Å². The minimum Gasteiger partial charge on any atom is -0.479 e. The Balaban J connectivity index is 2.48. The number of amides is 1. The van der Waals surface area contributed by atoms with E-state index in [-0.39, 0.29) is 24.6 Å². The lowest BCUT2D eigenvalue weighted by atomic mass is 9.97. The van der Waals surface area contributed by atoms with Crippen LogP contribution in [0.2, 0.25) is 0 Å². The van der Waals surface area contributed by atoms with E-state index in [1.165, 1.54) is 6.92 Å². The highest BCUT2D eigenvalue weighted by atomic mass is 16.5. The van der Waals surface area contributed by atoms with Crippen LogP contribution >= 0.6 is 0 Å². The van der Waals surface area contributed by atoms with Gasteiger partial charge in [0.2, 0.25) is 5.91 Å². The third kappa shape index (κ3) is 3.70. The average molecular weight is 243 g/mol. The molecule has 17 heavy (non-hydrogen) atoms. The van der Waals surface area contributed by atoms with Gasteiger partial charge in [-0.2, -0.15) is 0 Å². The molecule has 0 aromatic carbocycles. The molecule has 0 spiro atoms. The van der Waals surface area contributed by atoms with Crippen LogP contribution in [0.3, 0.4) is 0 Å². The van der Waals surface area contributed by atoms with Gasteiger partial charge in [0.15, 0.2) is 6.10 Å². The number of carboxylic acids is 1. The molecule has 3 atom stereocenters. The summed E-state index contributed by atoms with van der Waals surface area (Å²) in [5, 5.41) is 8.66. The molecule has 5 heteroatoms. The largest absolute Gasteiger partial charge is 0.479 e. The van der Waals surface area contributed by atoms with Gasteiger partial charge in [-0.15, -0.1) is 0 Å². The summed E-state index contributed by atoms with van der Waals surface area (Å²) in [4.78, 5) is 24.3. The number of nitrogens with zero attached hydrogens (tertiary/aromatic N) is 1. The van der Waals surface area contributed by atoms with E-state index in [2.05, 4.69) is 0 Å². The summed E-state index contributed by atoms with van der Waals surface area (Å²) >= 11 is 0. The molecule has 0 aromatic rings. The Hall–Kier alpha value is -1.10. The predicted octanol–water partition coefficient (Wildman–Crippen LogP) is 1.27. The van der Waals surface area contributed by atoms with Crippen LogP contribution in [0.25, 0.3) is 0 Å². The Morgan fingerprint density at radius 1 is 1.35 bits per heavy atom. The van der Waals surface area contributed by atoms with Gasteiger partial charge in [-0.25, -0.2) is 4.79 Å². The fourth-order valence-corrected chi connectivity index (χ4v) is 2.26. The van der Waals surface area contributed by atoms with Crippen molar-refractivity contribution in [3.8, 4) is 0 Å². The highest BCUT2D eigenvalue weighted by molar-refractivity contribution is 5.79. The quantitative estimate of drug-likeness (QED) is 0.807. The van der Waals surface area contributed by atoms with Gasteiger partial charge >= 0.3 is 5.97 Å². The first-order valence-electron chi connectivity index (χ1n) is 6.09. The monoisotopic (exact) mass is 243 g/mol. The molecule has 1 heterocycles. The molecule has 5 nitrogen and oxygen atoms in total. The maximum Gasteiger partial charge on any atom is 0.332 e. The lowest BCUT2D eigenvalue weighted by Gasteiger charge is -2.39. The lowest BCUT2D eigenvalue weighted by Crippen LogP contribution is -2.49. The molecule has 1 aliphatic heterocycles. The van der Waals surface area contributed by atoms with Crippen LogP contribution < -0.4 is 0 Å². The Kier molecular flexibility index (Phi) is 4.93. The zero-order valence-electron chi connectivity index (χ0n) is 10.7. The number of aliphatic carboxylic acids is 1. The Labute approximate surface area is 102 Å². The van der Waals surface area contributed by atoms with Gasteiger partial charge in [0.05, 0.1) is 0 Å². The van der Waals surface area contributed by atoms with E-state index in [9.17, 15) is 9.59 Å². The molecule has 0 aliphatic carbocycles. The fourth-order valence-electron chi connectivity index (χ4n) is 2.26. The molecule has 1 amide bonds. The first-order valence-corrected chi connectivity index (χ1v) is 6.09. The first-order chi connectivity index (χ1) is 7.93. The van der Waals surface area contributed by atoms with Crippen molar-refractivity contribution in [2.45, 2.75) is 58.2 Å². The van der Waals surface area contributed by atoms with E-state index in [1.54, 1.807) is 0 Å². The van der Waals surface area contributed by atoms with Crippen molar-refractivity contribution < 1.29 is 19.4 Å². The maximum absolute atomic E-state index is 12.0. The standard InChI is InChI=1S/C12H21NO4/c1-8-5-4-6-9(2)13(8)11(14)7-17-10(3)12(15)16/h8-10H,4-7H2,1-3H3,(H,15,16). The fraction of sp³-hybridized carbons (Fsp3) is 0.833. The van der Waals surface area contributed by atoms with E-state index in [4.69, 9.17) is 9.84 Å².